The average molecular weight is 366 g/mol. The highest BCUT2D eigenvalue weighted by Crippen LogP contribution is 2.26. The standard InChI is InChI=1S/C18H17Cl2NO3/c1-21(2)18(23)17(12-7-4-3-5-8-12)24-16(22)11-13-14(19)9-6-10-15(13)20/h3-10,17H,11H2,1-2H3. The molecular weight excluding hydrogens is 349 g/mol. The molecule has 0 aliphatic rings. The Kier molecular flexibility index (Phi) is 6.23. The van der Waals surface area contributed by atoms with Crippen molar-refractivity contribution in [3.05, 3.63) is 69.7 Å². The molecule has 0 N–H and O–H groups in total. The van der Waals surface area contributed by atoms with Gasteiger partial charge in [-0.05, 0) is 12.1 Å². The van der Waals surface area contributed by atoms with Crippen molar-refractivity contribution >= 4 is 35.1 Å². The molecule has 4 nitrogen and oxygen atoms in total. The van der Waals surface area contributed by atoms with Gasteiger partial charge in [0, 0.05) is 35.3 Å². The van der Waals surface area contributed by atoms with E-state index in [1.54, 1.807) is 56.6 Å². The van der Waals surface area contributed by atoms with Gasteiger partial charge in [-0.25, -0.2) is 0 Å². The number of rotatable bonds is 5. The van der Waals surface area contributed by atoms with Crippen molar-refractivity contribution in [2.45, 2.75) is 12.5 Å². The van der Waals surface area contributed by atoms with Gasteiger partial charge in [-0.1, -0.05) is 59.6 Å². The molecule has 0 fully saturated rings. The van der Waals surface area contributed by atoms with E-state index in [4.69, 9.17) is 27.9 Å². The van der Waals surface area contributed by atoms with Gasteiger partial charge < -0.3 is 9.64 Å². The number of halogens is 2. The van der Waals surface area contributed by atoms with Crippen molar-refractivity contribution in [3.63, 3.8) is 0 Å². The second-order valence-corrected chi connectivity index (χ2v) is 6.20. The monoisotopic (exact) mass is 365 g/mol. The molecule has 2 rings (SSSR count). The summed E-state index contributed by atoms with van der Waals surface area (Å²) in [5.41, 5.74) is 1.09. The van der Waals surface area contributed by atoms with Crippen LogP contribution in [0.5, 0.6) is 0 Å². The third-order valence-corrected chi connectivity index (χ3v) is 4.11. The Morgan fingerprint density at radius 3 is 2.12 bits per heavy atom. The van der Waals surface area contributed by atoms with Gasteiger partial charge in [0.25, 0.3) is 5.91 Å². The summed E-state index contributed by atoms with van der Waals surface area (Å²) in [4.78, 5) is 26.1. The zero-order valence-corrected chi connectivity index (χ0v) is 14.8. The van der Waals surface area contributed by atoms with Crippen molar-refractivity contribution < 1.29 is 14.3 Å². The molecule has 0 bridgehead atoms. The average Bonchev–Trinajstić information content (AvgIpc) is 2.56. The maximum atomic E-state index is 12.4. The molecule has 0 aliphatic heterocycles. The van der Waals surface area contributed by atoms with Gasteiger partial charge in [0.15, 0.2) is 0 Å². The predicted octanol–water partition coefficient (Wildman–Crippen LogP) is 3.91. The lowest BCUT2D eigenvalue weighted by Gasteiger charge is -2.21. The lowest BCUT2D eigenvalue weighted by Crippen LogP contribution is -2.31. The molecule has 2 aromatic rings. The Labute approximate surface area is 150 Å². The molecule has 24 heavy (non-hydrogen) atoms. The van der Waals surface area contributed by atoms with Gasteiger partial charge in [0.1, 0.15) is 0 Å². The second kappa shape index (κ2) is 8.18. The normalized spacial score (nSPS) is 11.7. The minimum absolute atomic E-state index is 0.109. The van der Waals surface area contributed by atoms with E-state index in [1.165, 1.54) is 4.90 Å². The van der Waals surface area contributed by atoms with Crippen LogP contribution < -0.4 is 0 Å². The molecule has 0 spiro atoms. The number of esters is 1. The quantitative estimate of drug-likeness (QED) is 0.754. The predicted molar refractivity (Wildman–Crippen MR) is 94.1 cm³/mol. The summed E-state index contributed by atoms with van der Waals surface area (Å²) in [6.45, 7) is 0. The first-order chi connectivity index (χ1) is 11.4. The van der Waals surface area contributed by atoms with Gasteiger partial charge in [-0.15, -0.1) is 0 Å². The Hall–Kier alpha value is -2.04. The second-order valence-electron chi connectivity index (χ2n) is 5.39. The van der Waals surface area contributed by atoms with Crippen LogP contribution in [0.15, 0.2) is 48.5 Å². The smallest absolute Gasteiger partial charge is 0.311 e. The molecule has 126 valence electrons. The highest BCUT2D eigenvalue weighted by molar-refractivity contribution is 6.36. The summed E-state index contributed by atoms with van der Waals surface area (Å²) in [5.74, 6) is -0.895. The van der Waals surface area contributed by atoms with Crippen LogP contribution in [-0.4, -0.2) is 30.9 Å². The molecule has 0 saturated heterocycles. The van der Waals surface area contributed by atoms with Crippen molar-refractivity contribution in [1.82, 2.24) is 4.90 Å². The van der Waals surface area contributed by atoms with Crippen LogP contribution in [0.25, 0.3) is 0 Å². The van der Waals surface area contributed by atoms with E-state index in [0.717, 1.165) is 0 Å². The fourth-order valence-electron chi connectivity index (χ4n) is 2.14. The Morgan fingerprint density at radius 1 is 1.00 bits per heavy atom. The number of nitrogens with zero attached hydrogens (tertiary/aromatic N) is 1. The summed E-state index contributed by atoms with van der Waals surface area (Å²) in [6.07, 6.45) is -1.11. The van der Waals surface area contributed by atoms with E-state index in [0.29, 0.717) is 21.2 Å². The fourth-order valence-corrected chi connectivity index (χ4v) is 2.67. The van der Waals surface area contributed by atoms with Crippen molar-refractivity contribution in [1.29, 1.82) is 0 Å². The molecule has 1 unspecified atom stereocenters. The third-order valence-electron chi connectivity index (χ3n) is 3.40. The topological polar surface area (TPSA) is 46.6 Å². The number of benzene rings is 2. The van der Waals surface area contributed by atoms with E-state index < -0.39 is 12.1 Å². The molecule has 6 heteroatoms. The number of carbonyl (C=O) groups is 2. The SMILES string of the molecule is CN(C)C(=O)C(OC(=O)Cc1c(Cl)cccc1Cl)c1ccccc1. The van der Waals surface area contributed by atoms with Gasteiger partial charge in [0.05, 0.1) is 6.42 Å². The zero-order valence-electron chi connectivity index (χ0n) is 13.3. The van der Waals surface area contributed by atoms with E-state index in [-0.39, 0.29) is 12.3 Å². The summed E-state index contributed by atoms with van der Waals surface area (Å²) in [6, 6.07) is 13.9. The third kappa shape index (κ3) is 4.49. The van der Waals surface area contributed by atoms with Crippen molar-refractivity contribution in [2.75, 3.05) is 14.1 Å². The van der Waals surface area contributed by atoms with Gasteiger partial charge in [-0.3, -0.25) is 9.59 Å². The summed E-state index contributed by atoms with van der Waals surface area (Å²) in [7, 11) is 3.22. The lowest BCUT2D eigenvalue weighted by atomic mass is 10.1. The number of hydrogen-bond donors (Lipinski definition) is 0. The van der Waals surface area contributed by atoms with Crippen LogP contribution in [0, 0.1) is 0 Å². The minimum Gasteiger partial charge on any atom is -0.447 e. The highest BCUT2D eigenvalue weighted by atomic mass is 35.5. The summed E-state index contributed by atoms with van der Waals surface area (Å²) < 4.78 is 5.43. The molecule has 0 saturated carbocycles. The number of carbonyl (C=O) groups excluding carboxylic acids is 2. The van der Waals surface area contributed by atoms with Crippen LogP contribution in [0.3, 0.4) is 0 Å². The molecular formula is C18H17Cl2NO3. The van der Waals surface area contributed by atoms with E-state index in [1.807, 2.05) is 6.07 Å². The van der Waals surface area contributed by atoms with Crippen LogP contribution in [0.2, 0.25) is 10.0 Å². The Morgan fingerprint density at radius 2 is 1.58 bits per heavy atom. The fraction of sp³-hybridized carbons (Fsp3) is 0.222. The number of ether oxygens (including phenoxy) is 1. The van der Waals surface area contributed by atoms with Crippen LogP contribution in [0.4, 0.5) is 0 Å². The minimum atomic E-state index is -1.00. The number of likely N-dealkylation sites (N-methyl/N-ethyl adjacent to an activating group) is 1. The van der Waals surface area contributed by atoms with Gasteiger partial charge in [-0.2, -0.15) is 0 Å². The Bertz CT molecular complexity index is 712. The van der Waals surface area contributed by atoms with Gasteiger partial charge in [0.2, 0.25) is 6.10 Å². The summed E-state index contributed by atoms with van der Waals surface area (Å²) >= 11 is 12.1. The van der Waals surface area contributed by atoms with E-state index in [9.17, 15) is 9.59 Å². The van der Waals surface area contributed by atoms with Gasteiger partial charge >= 0.3 is 5.97 Å². The van der Waals surface area contributed by atoms with Crippen LogP contribution in [-0.2, 0) is 20.7 Å². The molecule has 0 radical (unpaired) electrons. The largest absolute Gasteiger partial charge is 0.447 e. The first-order valence-corrected chi connectivity index (χ1v) is 8.04. The summed E-state index contributed by atoms with van der Waals surface area (Å²) in [5, 5.41) is 0.768. The maximum Gasteiger partial charge on any atom is 0.311 e. The zero-order chi connectivity index (χ0) is 17.7. The highest BCUT2D eigenvalue weighted by Gasteiger charge is 2.27. The number of amides is 1. The molecule has 0 aliphatic carbocycles. The van der Waals surface area contributed by atoms with Crippen LogP contribution in [0.1, 0.15) is 17.2 Å². The van der Waals surface area contributed by atoms with Crippen molar-refractivity contribution in [3.8, 4) is 0 Å². The van der Waals surface area contributed by atoms with E-state index in [2.05, 4.69) is 0 Å². The molecule has 0 heterocycles. The first-order valence-electron chi connectivity index (χ1n) is 7.28. The van der Waals surface area contributed by atoms with E-state index >= 15 is 0 Å². The van der Waals surface area contributed by atoms with Crippen LogP contribution >= 0.6 is 23.2 Å². The maximum absolute atomic E-state index is 12.4. The first kappa shape index (κ1) is 18.3. The molecule has 1 atom stereocenters. The number of hydrogen-bond acceptors (Lipinski definition) is 3. The molecule has 1 amide bonds. The molecule has 0 aromatic heterocycles. The lowest BCUT2D eigenvalue weighted by molar-refractivity contribution is -0.159. The van der Waals surface area contributed by atoms with Crippen molar-refractivity contribution in [2.24, 2.45) is 0 Å². The Balaban J connectivity index is 2.20. The molecule has 2 aromatic carbocycles.